The van der Waals surface area contributed by atoms with Gasteiger partial charge in [-0.1, -0.05) is 31.2 Å². The number of aryl methyl sites for hydroxylation is 1. The van der Waals surface area contributed by atoms with Crippen LogP contribution in [0.3, 0.4) is 0 Å². The van der Waals surface area contributed by atoms with Crippen LogP contribution in [0.5, 0.6) is 0 Å². The minimum Gasteiger partial charge on any atom is -0.357 e. The minimum absolute atomic E-state index is 0.0712. The number of hydrogen-bond acceptors (Lipinski definition) is 4. The van der Waals surface area contributed by atoms with Crippen LogP contribution in [0.15, 0.2) is 54.9 Å². The number of anilines is 2. The summed E-state index contributed by atoms with van der Waals surface area (Å²) in [6.07, 6.45) is 0.293. The lowest BCUT2D eigenvalue weighted by Crippen LogP contribution is -2.38. The van der Waals surface area contributed by atoms with Gasteiger partial charge in [-0.3, -0.25) is 4.79 Å². The zero-order valence-electron chi connectivity index (χ0n) is 18.3. The van der Waals surface area contributed by atoms with E-state index in [9.17, 15) is 18.0 Å². The molecule has 0 spiro atoms. The average Bonchev–Trinajstić information content (AvgIpc) is 3.25. The second-order valence-corrected chi connectivity index (χ2v) is 8.20. The maximum absolute atomic E-state index is 12.8. The molecule has 0 bridgehead atoms. The number of amides is 1. The highest BCUT2D eigenvalue weighted by Crippen LogP contribution is 2.30. The van der Waals surface area contributed by atoms with Crippen molar-refractivity contribution in [1.29, 1.82) is 0 Å². The second-order valence-electron chi connectivity index (χ2n) is 8.20. The van der Waals surface area contributed by atoms with E-state index in [1.54, 1.807) is 16.9 Å². The van der Waals surface area contributed by atoms with E-state index in [1.165, 1.54) is 11.6 Å². The molecule has 0 atom stereocenters. The molecule has 1 aromatic carbocycles. The van der Waals surface area contributed by atoms with Crippen molar-refractivity contribution in [3.8, 4) is 0 Å². The van der Waals surface area contributed by atoms with Crippen LogP contribution >= 0.6 is 0 Å². The molecule has 1 fully saturated rings. The Morgan fingerprint density at radius 3 is 2.36 bits per heavy atom. The number of piperidine rings is 1. The van der Waals surface area contributed by atoms with Crippen molar-refractivity contribution < 1.29 is 18.0 Å². The van der Waals surface area contributed by atoms with Crippen molar-refractivity contribution in [2.75, 3.05) is 23.3 Å². The van der Waals surface area contributed by atoms with Crippen molar-refractivity contribution in [1.82, 2.24) is 14.8 Å². The lowest BCUT2D eigenvalue weighted by molar-refractivity contribution is -0.137. The minimum atomic E-state index is -4.40. The van der Waals surface area contributed by atoms with Crippen molar-refractivity contribution in [2.24, 2.45) is 5.92 Å². The number of benzene rings is 1. The number of halogens is 3. The normalized spacial score (nSPS) is 15.0. The Hall–Kier alpha value is -3.36. The highest BCUT2D eigenvalue weighted by molar-refractivity contribution is 5.91. The number of pyridine rings is 1. The molecule has 33 heavy (non-hydrogen) atoms. The summed E-state index contributed by atoms with van der Waals surface area (Å²) in [4.78, 5) is 18.7. The molecule has 3 aromatic rings. The zero-order chi connectivity index (χ0) is 23.4. The van der Waals surface area contributed by atoms with Crippen LogP contribution in [0.1, 0.15) is 36.5 Å². The Morgan fingerprint density at radius 2 is 1.76 bits per heavy atom. The van der Waals surface area contributed by atoms with Gasteiger partial charge in [-0.05, 0) is 42.5 Å². The summed E-state index contributed by atoms with van der Waals surface area (Å²) in [5, 5.41) is 7.32. The first-order chi connectivity index (χ1) is 15.8. The topological polar surface area (TPSA) is 63.1 Å². The molecule has 174 valence electrons. The molecule has 0 aliphatic carbocycles. The number of nitrogens with zero attached hydrogens (tertiary/aromatic N) is 4. The van der Waals surface area contributed by atoms with E-state index in [1.807, 2.05) is 4.90 Å². The molecular formula is C24H26F3N5O. The Balaban J connectivity index is 1.32. The number of hydrogen-bond donors (Lipinski definition) is 1. The Labute approximate surface area is 190 Å². The summed E-state index contributed by atoms with van der Waals surface area (Å²) in [7, 11) is 0. The molecule has 0 saturated carbocycles. The zero-order valence-corrected chi connectivity index (χ0v) is 18.3. The standard InChI is InChI=1S/C24H26F3N5O/c1-2-17-3-5-18(6-4-17)16-32-22(9-12-29-32)30-23(33)19-10-13-31(14-11-19)21-8-7-20(15-28-21)24(25,26)27/h3-9,12,15,19H,2,10-11,13-14,16H2,1H3,(H,30,33). The van der Waals surface area contributed by atoms with Crippen LogP contribution in [-0.2, 0) is 23.9 Å². The summed E-state index contributed by atoms with van der Waals surface area (Å²) in [6, 6.07) is 12.5. The predicted molar refractivity (Wildman–Crippen MR) is 120 cm³/mol. The van der Waals surface area contributed by atoms with Gasteiger partial charge in [0.25, 0.3) is 0 Å². The molecule has 9 heteroatoms. The number of alkyl halides is 3. The van der Waals surface area contributed by atoms with Gasteiger partial charge < -0.3 is 10.2 Å². The van der Waals surface area contributed by atoms with Gasteiger partial charge in [0.05, 0.1) is 18.3 Å². The number of carbonyl (C=O) groups excluding carboxylic acids is 1. The largest absolute Gasteiger partial charge is 0.417 e. The molecule has 2 aromatic heterocycles. The van der Waals surface area contributed by atoms with E-state index in [0.717, 1.165) is 24.2 Å². The number of carbonyl (C=O) groups is 1. The molecular weight excluding hydrogens is 431 g/mol. The van der Waals surface area contributed by atoms with Crippen LogP contribution in [0, 0.1) is 5.92 Å². The molecule has 4 rings (SSSR count). The van der Waals surface area contributed by atoms with Crippen molar-refractivity contribution in [3.63, 3.8) is 0 Å². The molecule has 1 aliphatic rings. The lowest BCUT2D eigenvalue weighted by Gasteiger charge is -2.32. The molecule has 6 nitrogen and oxygen atoms in total. The van der Waals surface area contributed by atoms with Crippen LogP contribution < -0.4 is 10.2 Å². The third-order valence-corrected chi connectivity index (χ3v) is 6.00. The average molecular weight is 458 g/mol. The summed E-state index contributed by atoms with van der Waals surface area (Å²) < 4.78 is 40.0. The van der Waals surface area contributed by atoms with Crippen molar-refractivity contribution in [3.05, 3.63) is 71.5 Å². The smallest absolute Gasteiger partial charge is 0.357 e. The van der Waals surface area contributed by atoms with E-state index in [4.69, 9.17) is 0 Å². The van der Waals surface area contributed by atoms with Crippen LogP contribution in [0.2, 0.25) is 0 Å². The van der Waals surface area contributed by atoms with E-state index >= 15 is 0 Å². The van der Waals surface area contributed by atoms with E-state index in [2.05, 4.69) is 46.6 Å². The predicted octanol–water partition coefficient (Wildman–Crippen LogP) is 4.76. The third-order valence-electron chi connectivity index (χ3n) is 6.00. The first kappa shape index (κ1) is 22.8. The van der Waals surface area contributed by atoms with E-state index in [-0.39, 0.29) is 11.8 Å². The fourth-order valence-electron chi connectivity index (χ4n) is 3.96. The highest BCUT2D eigenvalue weighted by atomic mass is 19.4. The number of rotatable bonds is 6. The number of nitrogens with one attached hydrogen (secondary N) is 1. The molecule has 0 unspecified atom stereocenters. The number of aromatic nitrogens is 3. The van der Waals surface area contributed by atoms with Gasteiger partial charge in [0.15, 0.2) is 0 Å². The molecule has 1 amide bonds. The Kier molecular flexibility index (Phi) is 6.67. The van der Waals surface area contributed by atoms with Crippen molar-refractivity contribution >= 4 is 17.5 Å². The third kappa shape index (κ3) is 5.53. The van der Waals surface area contributed by atoms with Gasteiger partial charge >= 0.3 is 6.18 Å². The SMILES string of the molecule is CCc1ccc(Cn2nccc2NC(=O)C2CCN(c3ccc(C(F)(F)F)cn3)CC2)cc1. The van der Waals surface area contributed by atoms with Crippen molar-refractivity contribution in [2.45, 2.75) is 38.9 Å². The lowest BCUT2D eigenvalue weighted by atomic mass is 9.96. The van der Waals surface area contributed by atoms with E-state index < -0.39 is 11.7 Å². The van der Waals surface area contributed by atoms with Gasteiger partial charge in [0, 0.05) is 31.3 Å². The molecule has 1 saturated heterocycles. The quantitative estimate of drug-likeness (QED) is 0.580. The molecule has 0 radical (unpaired) electrons. The van der Waals surface area contributed by atoms with Crippen LogP contribution in [0.25, 0.3) is 0 Å². The first-order valence-electron chi connectivity index (χ1n) is 11.0. The van der Waals surface area contributed by atoms with Crippen LogP contribution in [0.4, 0.5) is 24.8 Å². The van der Waals surface area contributed by atoms with Gasteiger partial charge in [-0.15, -0.1) is 0 Å². The van der Waals surface area contributed by atoms with E-state index in [0.29, 0.717) is 44.1 Å². The van der Waals surface area contributed by atoms with Crippen LogP contribution in [-0.4, -0.2) is 33.8 Å². The molecule has 3 heterocycles. The molecule has 1 aliphatic heterocycles. The van der Waals surface area contributed by atoms with Gasteiger partial charge in [0.2, 0.25) is 5.91 Å². The summed E-state index contributed by atoms with van der Waals surface area (Å²) >= 11 is 0. The second kappa shape index (κ2) is 9.64. The highest BCUT2D eigenvalue weighted by Gasteiger charge is 2.31. The van der Waals surface area contributed by atoms with Gasteiger partial charge in [-0.2, -0.15) is 18.3 Å². The Morgan fingerprint density at radius 1 is 1.06 bits per heavy atom. The summed E-state index contributed by atoms with van der Waals surface area (Å²) in [5.41, 5.74) is 1.60. The fraction of sp³-hybridized carbons (Fsp3) is 0.375. The summed E-state index contributed by atoms with van der Waals surface area (Å²) in [5.74, 6) is 0.890. The summed E-state index contributed by atoms with van der Waals surface area (Å²) in [6.45, 7) is 3.78. The van der Waals surface area contributed by atoms with Gasteiger partial charge in [0.1, 0.15) is 11.6 Å². The maximum Gasteiger partial charge on any atom is 0.417 e. The van der Waals surface area contributed by atoms with Gasteiger partial charge in [-0.25, -0.2) is 9.67 Å². The Bertz CT molecular complexity index is 1070. The maximum atomic E-state index is 12.8. The monoisotopic (exact) mass is 457 g/mol. The first-order valence-corrected chi connectivity index (χ1v) is 11.0. The fourth-order valence-corrected chi connectivity index (χ4v) is 3.96. The molecule has 1 N–H and O–H groups in total.